The first-order valence-corrected chi connectivity index (χ1v) is 6.54. The van der Waals surface area contributed by atoms with Crippen LogP contribution in [0.15, 0.2) is 18.2 Å². The summed E-state index contributed by atoms with van der Waals surface area (Å²) < 4.78 is 10.5. The molecule has 0 aromatic heterocycles. The molecule has 1 rings (SSSR count). The molecule has 1 aromatic rings. The summed E-state index contributed by atoms with van der Waals surface area (Å²) in [6, 6.07) is 5.55. The molecular weight excluding hydrogens is 260 g/mol. The monoisotopic (exact) mass is 282 g/mol. The fourth-order valence-electron chi connectivity index (χ4n) is 1.61. The predicted molar refractivity (Wildman–Crippen MR) is 75.9 cm³/mol. The normalized spacial score (nSPS) is 10.2. The molecule has 0 aliphatic rings. The van der Waals surface area contributed by atoms with Gasteiger partial charge in [0, 0.05) is 6.54 Å². The molecule has 2 amide bonds. The molecule has 6 heteroatoms. The Bertz CT molecular complexity index is 424. The van der Waals surface area contributed by atoms with E-state index < -0.39 is 0 Å². The zero-order chi connectivity index (χ0) is 14.8. The molecule has 6 nitrogen and oxygen atoms in total. The van der Waals surface area contributed by atoms with Crippen LogP contribution in [0.3, 0.4) is 0 Å². The number of ether oxygens (including phenoxy) is 2. The maximum Gasteiger partial charge on any atom is 0.317 e. The van der Waals surface area contributed by atoms with Crippen LogP contribution in [0.1, 0.15) is 11.1 Å². The molecular formula is C14H22N2O4. The Balaban J connectivity index is 2.15. The lowest BCUT2D eigenvalue weighted by atomic mass is 10.1. The first-order valence-electron chi connectivity index (χ1n) is 6.54. The SMILES string of the molecule is Cc1ccc(OCNC(=O)NCCOCCO)c(C)c1. The summed E-state index contributed by atoms with van der Waals surface area (Å²) in [5, 5.41) is 13.7. The number of amides is 2. The number of carbonyl (C=O) groups excluding carboxylic acids is 1. The van der Waals surface area contributed by atoms with E-state index in [0.717, 1.165) is 11.3 Å². The summed E-state index contributed by atoms with van der Waals surface area (Å²) in [7, 11) is 0. The zero-order valence-corrected chi connectivity index (χ0v) is 11.9. The summed E-state index contributed by atoms with van der Waals surface area (Å²) in [6.45, 7) is 5.09. The maximum absolute atomic E-state index is 11.4. The van der Waals surface area contributed by atoms with Crippen LogP contribution in [-0.2, 0) is 4.74 Å². The van der Waals surface area contributed by atoms with Gasteiger partial charge in [0.2, 0.25) is 0 Å². The third-order valence-electron chi connectivity index (χ3n) is 2.56. The van der Waals surface area contributed by atoms with E-state index in [1.54, 1.807) is 0 Å². The number of hydrogen-bond donors (Lipinski definition) is 3. The predicted octanol–water partition coefficient (Wildman–Crippen LogP) is 0.948. The molecule has 112 valence electrons. The van der Waals surface area contributed by atoms with E-state index in [2.05, 4.69) is 10.6 Å². The van der Waals surface area contributed by atoms with Crippen molar-refractivity contribution < 1.29 is 19.4 Å². The van der Waals surface area contributed by atoms with Crippen molar-refractivity contribution >= 4 is 6.03 Å². The third kappa shape index (κ3) is 6.40. The standard InChI is InChI=1S/C14H22N2O4/c1-11-3-4-13(12(2)9-11)20-10-16-14(18)15-5-7-19-8-6-17/h3-4,9,17H,5-8,10H2,1-2H3,(H2,15,16,18). The van der Waals surface area contributed by atoms with Crippen molar-refractivity contribution in [2.45, 2.75) is 13.8 Å². The Labute approximate surface area is 119 Å². The molecule has 0 saturated carbocycles. The molecule has 1 aromatic carbocycles. The summed E-state index contributed by atoms with van der Waals surface area (Å²) in [5.74, 6) is 0.752. The van der Waals surface area contributed by atoms with Gasteiger partial charge < -0.3 is 25.2 Å². The van der Waals surface area contributed by atoms with E-state index in [0.29, 0.717) is 13.2 Å². The first-order chi connectivity index (χ1) is 9.63. The Hall–Kier alpha value is -1.79. The lowest BCUT2D eigenvalue weighted by Crippen LogP contribution is -2.39. The molecule has 0 radical (unpaired) electrons. The van der Waals surface area contributed by atoms with Crippen LogP contribution in [0.25, 0.3) is 0 Å². The molecule has 0 unspecified atom stereocenters. The second-order valence-corrected chi connectivity index (χ2v) is 4.33. The van der Waals surface area contributed by atoms with Crippen molar-refractivity contribution in [3.63, 3.8) is 0 Å². The number of hydrogen-bond acceptors (Lipinski definition) is 4. The lowest BCUT2D eigenvalue weighted by Gasteiger charge is -2.11. The topological polar surface area (TPSA) is 79.8 Å². The number of nitrogens with one attached hydrogen (secondary N) is 2. The molecule has 0 aliphatic carbocycles. The second-order valence-electron chi connectivity index (χ2n) is 4.33. The van der Waals surface area contributed by atoms with Crippen molar-refractivity contribution in [2.24, 2.45) is 0 Å². The smallest absolute Gasteiger partial charge is 0.317 e. The highest BCUT2D eigenvalue weighted by atomic mass is 16.5. The molecule has 0 fully saturated rings. The molecule has 3 N–H and O–H groups in total. The Morgan fingerprint density at radius 2 is 2.05 bits per heavy atom. The minimum atomic E-state index is -0.317. The van der Waals surface area contributed by atoms with Crippen LogP contribution >= 0.6 is 0 Å². The largest absolute Gasteiger partial charge is 0.473 e. The van der Waals surface area contributed by atoms with E-state index in [-0.39, 0.29) is 26.0 Å². The summed E-state index contributed by atoms with van der Waals surface area (Å²) >= 11 is 0. The number of urea groups is 1. The Morgan fingerprint density at radius 3 is 2.75 bits per heavy atom. The average molecular weight is 282 g/mol. The van der Waals surface area contributed by atoms with Gasteiger partial charge in [0.05, 0.1) is 19.8 Å². The minimum Gasteiger partial charge on any atom is -0.473 e. The number of carbonyl (C=O) groups is 1. The zero-order valence-electron chi connectivity index (χ0n) is 11.9. The van der Waals surface area contributed by atoms with Gasteiger partial charge in [-0.1, -0.05) is 17.7 Å². The van der Waals surface area contributed by atoms with Crippen molar-refractivity contribution in [3.05, 3.63) is 29.3 Å². The van der Waals surface area contributed by atoms with E-state index in [4.69, 9.17) is 14.6 Å². The van der Waals surface area contributed by atoms with Crippen LogP contribution in [0.2, 0.25) is 0 Å². The number of benzene rings is 1. The van der Waals surface area contributed by atoms with Gasteiger partial charge in [-0.3, -0.25) is 0 Å². The first kappa shape index (κ1) is 16.3. The van der Waals surface area contributed by atoms with Gasteiger partial charge >= 0.3 is 6.03 Å². The molecule has 0 saturated heterocycles. The number of rotatable bonds is 8. The number of aliphatic hydroxyl groups is 1. The van der Waals surface area contributed by atoms with Gasteiger partial charge in [-0.05, 0) is 25.5 Å². The average Bonchev–Trinajstić information content (AvgIpc) is 2.41. The Morgan fingerprint density at radius 1 is 1.25 bits per heavy atom. The molecule has 20 heavy (non-hydrogen) atoms. The van der Waals surface area contributed by atoms with E-state index >= 15 is 0 Å². The van der Waals surface area contributed by atoms with Crippen molar-refractivity contribution in [3.8, 4) is 5.75 Å². The maximum atomic E-state index is 11.4. The van der Waals surface area contributed by atoms with Gasteiger partial charge in [-0.25, -0.2) is 4.79 Å². The molecule has 0 heterocycles. The van der Waals surface area contributed by atoms with Crippen LogP contribution in [0.5, 0.6) is 5.75 Å². The summed E-state index contributed by atoms with van der Waals surface area (Å²) in [5.41, 5.74) is 2.20. The van der Waals surface area contributed by atoms with E-state index in [1.165, 1.54) is 5.56 Å². The van der Waals surface area contributed by atoms with Crippen LogP contribution in [0.4, 0.5) is 4.79 Å². The molecule has 0 atom stereocenters. The minimum absolute atomic E-state index is 0.0179. The van der Waals surface area contributed by atoms with E-state index in [1.807, 2.05) is 32.0 Å². The number of aryl methyl sites for hydroxylation is 2. The van der Waals surface area contributed by atoms with Crippen LogP contribution in [-0.4, -0.2) is 44.2 Å². The highest BCUT2D eigenvalue weighted by Gasteiger charge is 2.01. The Kier molecular flexibility index (Phi) is 7.46. The highest BCUT2D eigenvalue weighted by molar-refractivity contribution is 5.73. The lowest BCUT2D eigenvalue weighted by molar-refractivity contribution is 0.0945. The van der Waals surface area contributed by atoms with E-state index in [9.17, 15) is 4.79 Å². The molecule has 0 spiro atoms. The van der Waals surface area contributed by atoms with Crippen LogP contribution < -0.4 is 15.4 Å². The van der Waals surface area contributed by atoms with Crippen molar-refractivity contribution in [1.82, 2.24) is 10.6 Å². The van der Waals surface area contributed by atoms with Gasteiger partial charge in [0.1, 0.15) is 5.75 Å². The fraction of sp³-hybridized carbons (Fsp3) is 0.500. The van der Waals surface area contributed by atoms with Crippen LogP contribution in [0, 0.1) is 13.8 Å². The van der Waals surface area contributed by atoms with Gasteiger partial charge in [0.15, 0.2) is 6.73 Å². The molecule has 0 bridgehead atoms. The van der Waals surface area contributed by atoms with Gasteiger partial charge in [-0.2, -0.15) is 0 Å². The fourth-order valence-corrected chi connectivity index (χ4v) is 1.61. The number of aliphatic hydroxyl groups excluding tert-OH is 1. The van der Waals surface area contributed by atoms with Crippen molar-refractivity contribution in [1.29, 1.82) is 0 Å². The van der Waals surface area contributed by atoms with Gasteiger partial charge in [-0.15, -0.1) is 0 Å². The second kappa shape index (κ2) is 9.17. The quantitative estimate of drug-likeness (QED) is 0.490. The van der Waals surface area contributed by atoms with Gasteiger partial charge in [0.25, 0.3) is 0 Å². The third-order valence-corrected chi connectivity index (χ3v) is 2.56. The van der Waals surface area contributed by atoms with Crippen molar-refractivity contribution in [2.75, 3.05) is 33.1 Å². The molecule has 0 aliphatic heterocycles. The highest BCUT2D eigenvalue weighted by Crippen LogP contribution is 2.18. The summed E-state index contributed by atoms with van der Waals surface area (Å²) in [6.07, 6.45) is 0. The summed E-state index contributed by atoms with van der Waals surface area (Å²) in [4.78, 5) is 11.4.